The number of benzene rings is 1. The van der Waals surface area contributed by atoms with E-state index >= 15 is 0 Å². The van der Waals surface area contributed by atoms with Gasteiger partial charge in [-0.15, -0.1) is 24.8 Å². The van der Waals surface area contributed by atoms with Crippen LogP contribution < -0.4 is 19.5 Å². The molecular weight excluding hydrogens is 387 g/mol. The van der Waals surface area contributed by atoms with E-state index in [1.165, 1.54) is 37.7 Å². The van der Waals surface area contributed by atoms with E-state index in [0.29, 0.717) is 12.0 Å². The van der Waals surface area contributed by atoms with Gasteiger partial charge < -0.3 is 19.5 Å². The molecule has 0 unspecified atom stereocenters. The minimum atomic E-state index is 0. The minimum Gasteiger partial charge on any atom is -0.496 e. The Hall–Kier alpha value is -0.880. The number of nitrogens with zero attached hydrogens (tertiary/aromatic N) is 1. The van der Waals surface area contributed by atoms with Crippen LogP contribution in [0.1, 0.15) is 43.7 Å². The van der Waals surface area contributed by atoms with E-state index in [0.717, 1.165) is 43.4 Å². The average Bonchev–Trinajstić information content (AvgIpc) is 2.69. The monoisotopic (exact) mass is 420 g/mol. The van der Waals surface area contributed by atoms with E-state index in [-0.39, 0.29) is 24.8 Å². The number of halogens is 2. The van der Waals surface area contributed by atoms with Crippen LogP contribution >= 0.6 is 24.8 Å². The molecule has 1 saturated heterocycles. The molecular formula is C20H34Cl2N2O3. The van der Waals surface area contributed by atoms with E-state index in [1.807, 2.05) is 12.1 Å². The number of hydrogen-bond donors (Lipinski definition) is 1. The molecule has 1 aromatic carbocycles. The highest BCUT2D eigenvalue weighted by Crippen LogP contribution is 2.47. The lowest BCUT2D eigenvalue weighted by Crippen LogP contribution is -2.47. The summed E-state index contributed by atoms with van der Waals surface area (Å²) in [5.74, 6) is 3.19. The van der Waals surface area contributed by atoms with Gasteiger partial charge in [0.05, 0.1) is 26.9 Å². The SMILES string of the molecule is COc1cc(OC)c([C@@H](C2CCCCC2)N2CCNCC2)c(OC)c1.Cl.Cl. The maximum atomic E-state index is 5.79. The van der Waals surface area contributed by atoms with Crippen LogP contribution in [0.2, 0.25) is 0 Å². The van der Waals surface area contributed by atoms with Crippen LogP contribution in [-0.2, 0) is 0 Å². The minimum absolute atomic E-state index is 0. The highest BCUT2D eigenvalue weighted by atomic mass is 35.5. The first-order valence-corrected chi connectivity index (χ1v) is 9.53. The normalized spacial score (nSPS) is 19.4. The predicted octanol–water partition coefficient (Wildman–Crippen LogP) is 4.08. The summed E-state index contributed by atoms with van der Waals surface area (Å²) in [5.41, 5.74) is 1.19. The second kappa shape index (κ2) is 11.8. The fraction of sp³-hybridized carbons (Fsp3) is 0.700. The van der Waals surface area contributed by atoms with Crippen molar-refractivity contribution in [2.24, 2.45) is 5.92 Å². The van der Waals surface area contributed by atoms with Gasteiger partial charge in [0.2, 0.25) is 0 Å². The van der Waals surface area contributed by atoms with Crippen LogP contribution in [0.4, 0.5) is 0 Å². The first-order chi connectivity index (χ1) is 12.3. The molecule has 0 aromatic heterocycles. The zero-order valence-corrected chi connectivity index (χ0v) is 18.3. The van der Waals surface area contributed by atoms with Crippen molar-refractivity contribution in [1.29, 1.82) is 0 Å². The molecule has 0 bridgehead atoms. The van der Waals surface area contributed by atoms with Gasteiger partial charge in [0.1, 0.15) is 17.2 Å². The predicted molar refractivity (Wildman–Crippen MR) is 114 cm³/mol. The third kappa shape index (κ3) is 5.57. The van der Waals surface area contributed by atoms with Crippen LogP contribution in [0, 0.1) is 5.92 Å². The molecule has 1 N–H and O–H groups in total. The number of methoxy groups -OCH3 is 3. The lowest BCUT2D eigenvalue weighted by Gasteiger charge is -2.42. The highest BCUT2D eigenvalue weighted by Gasteiger charge is 2.35. The fourth-order valence-corrected chi connectivity index (χ4v) is 4.45. The summed E-state index contributed by atoms with van der Waals surface area (Å²) in [6.07, 6.45) is 6.59. The molecule has 0 amide bonds. The summed E-state index contributed by atoms with van der Waals surface area (Å²) in [4.78, 5) is 2.62. The molecule has 2 fully saturated rings. The first kappa shape index (κ1) is 24.2. The maximum absolute atomic E-state index is 5.79. The molecule has 1 heterocycles. The Morgan fingerprint density at radius 3 is 1.93 bits per heavy atom. The molecule has 1 saturated carbocycles. The van der Waals surface area contributed by atoms with E-state index < -0.39 is 0 Å². The second-order valence-electron chi connectivity index (χ2n) is 7.07. The number of hydrogen-bond acceptors (Lipinski definition) is 5. The zero-order chi connectivity index (χ0) is 17.6. The van der Waals surface area contributed by atoms with Gasteiger partial charge in [-0.05, 0) is 18.8 Å². The Labute approximate surface area is 175 Å². The molecule has 0 radical (unpaired) electrons. The molecule has 156 valence electrons. The largest absolute Gasteiger partial charge is 0.496 e. The smallest absolute Gasteiger partial charge is 0.131 e. The Morgan fingerprint density at radius 1 is 0.889 bits per heavy atom. The maximum Gasteiger partial charge on any atom is 0.131 e. The molecule has 27 heavy (non-hydrogen) atoms. The lowest BCUT2D eigenvalue weighted by molar-refractivity contribution is 0.0989. The van der Waals surface area contributed by atoms with Gasteiger partial charge in [-0.2, -0.15) is 0 Å². The van der Waals surface area contributed by atoms with E-state index in [2.05, 4.69) is 10.2 Å². The van der Waals surface area contributed by atoms with Crippen molar-refractivity contribution >= 4 is 24.8 Å². The van der Waals surface area contributed by atoms with Gasteiger partial charge in [0.25, 0.3) is 0 Å². The van der Waals surface area contributed by atoms with Crippen LogP contribution in [0.5, 0.6) is 17.2 Å². The molecule has 5 nitrogen and oxygen atoms in total. The number of piperazine rings is 1. The first-order valence-electron chi connectivity index (χ1n) is 9.53. The van der Waals surface area contributed by atoms with Crippen molar-refractivity contribution in [3.05, 3.63) is 17.7 Å². The van der Waals surface area contributed by atoms with Crippen LogP contribution in [0.15, 0.2) is 12.1 Å². The van der Waals surface area contributed by atoms with E-state index in [9.17, 15) is 0 Å². The van der Waals surface area contributed by atoms with Gasteiger partial charge in [0, 0.05) is 44.4 Å². The van der Waals surface area contributed by atoms with Gasteiger partial charge in [-0.3, -0.25) is 4.90 Å². The Kier molecular flexibility index (Phi) is 10.6. The molecule has 1 aromatic rings. The summed E-state index contributed by atoms with van der Waals surface area (Å²) in [6.45, 7) is 4.23. The van der Waals surface area contributed by atoms with Crippen molar-refractivity contribution in [2.45, 2.75) is 38.1 Å². The molecule has 2 aliphatic rings. The van der Waals surface area contributed by atoms with Crippen molar-refractivity contribution < 1.29 is 14.2 Å². The van der Waals surface area contributed by atoms with Gasteiger partial charge in [-0.1, -0.05) is 19.3 Å². The second-order valence-corrected chi connectivity index (χ2v) is 7.07. The van der Waals surface area contributed by atoms with E-state index in [1.54, 1.807) is 21.3 Å². The summed E-state index contributed by atoms with van der Waals surface area (Å²) < 4.78 is 17.0. The topological polar surface area (TPSA) is 43.0 Å². The Bertz CT molecular complexity index is 519. The molecule has 0 spiro atoms. The van der Waals surface area contributed by atoms with Crippen molar-refractivity contribution in [2.75, 3.05) is 47.5 Å². The Balaban J connectivity index is 0.00000182. The summed E-state index contributed by atoms with van der Waals surface area (Å²) >= 11 is 0. The van der Waals surface area contributed by atoms with Gasteiger partial charge >= 0.3 is 0 Å². The Morgan fingerprint density at radius 2 is 1.44 bits per heavy atom. The number of rotatable bonds is 6. The van der Waals surface area contributed by atoms with E-state index in [4.69, 9.17) is 14.2 Å². The molecule has 1 aliphatic carbocycles. The third-order valence-electron chi connectivity index (χ3n) is 5.69. The van der Waals surface area contributed by atoms with Crippen molar-refractivity contribution in [3.63, 3.8) is 0 Å². The highest BCUT2D eigenvalue weighted by molar-refractivity contribution is 5.85. The molecule has 1 aliphatic heterocycles. The number of ether oxygens (including phenoxy) is 3. The van der Waals surface area contributed by atoms with Crippen LogP contribution in [-0.4, -0.2) is 52.4 Å². The lowest BCUT2D eigenvalue weighted by atomic mass is 9.79. The van der Waals surface area contributed by atoms with Crippen molar-refractivity contribution in [1.82, 2.24) is 10.2 Å². The quantitative estimate of drug-likeness (QED) is 0.750. The summed E-state index contributed by atoms with van der Waals surface area (Å²) in [6, 6.07) is 4.34. The summed E-state index contributed by atoms with van der Waals surface area (Å²) in [7, 11) is 5.17. The third-order valence-corrected chi connectivity index (χ3v) is 5.69. The van der Waals surface area contributed by atoms with Gasteiger partial charge in [-0.25, -0.2) is 0 Å². The number of nitrogens with one attached hydrogen (secondary N) is 1. The standard InChI is InChI=1S/C20H32N2O3.2ClH/c1-23-16-13-17(24-2)19(18(14-16)25-3)20(15-7-5-4-6-8-15)22-11-9-21-10-12-22;;/h13-15,20-21H,4-12H2,1-3H3;2*1H/t20-;;/m1../s1. The average molecular weight is 421 g/mol. The molecule has 7 heteroatoms. The van der Waals surface area contributed by atoms with Crippen LogP contribution in [0.25, 0.3) is 0 Å². The fourth-order valence-electron chi connectivity index (χ4n) is 4.45. The van der Waals surface area contributed by atoms with Crippen LogP contribution in [0.3, 0.4) is 0 Å². The van der Waals surface area contributed by atoms with Crippen molar-refractivity contribution in [3.8, 4) is 17.2 Å². The van der Waals surface area contributed by atoms with Gasteiger partial charge in [0.15, 0.2) is 0 Å². The zero-order valence-electron chi connectivity index (χ0n) is 16.7. The molecule has 1 atom stereocenters. The summed E-state index contributed by atoms with van der Waals surface area (Å²) in [5, 5.41) is 3.48. The molecule has 3 rings (SSSR count).